The van der Waals surface area contributed by atoms with Gasteiger partial charge in [0.05, 0.1) is 13.0 Å². The molecule has 2 aliphatic rings. The predicted octanol–water partition coefficient (Wildman–Crippen LogP) is -0.467. The van der Waals surface area contributed by atoms with Gasteiger partial charge >= 0.3 is 5.97 Å². The quantitative estimate of drug-likeness (QED) is 0.430. The fourth-order valence-electron chi connectivity index (χ4n) is 3.19. The minimum absolute atomic E-state index is 0.0843. The number of hydrogen-bond acceptors (Lipinski definition) is 6. The van der Waals surface area contributed by atoms with Crippen LogP contribution in [-0.4, -0.2) is 72.5 Å². The molecule has 0 radical (unpaired) electrons. The summed E-state index contributed by atoms with van der Waals surface area (Å²) in [6.07, 6.45) is 2.38. The number of carboxylic acids is 1. The first-order chi connectivity index (χ1) is 12.5. The molecule has 1 atom stereocenters. The summed E-state index contributed by atoms with van der Waals surface area (Å²) in [4.78, 5) is 41.1. The van der Waals surface area contributed by atoms with Crippen molar-refractivity contribution in [2.45, 2.75) is 45.1 Å². The van der Waals surface area contributed by atoms with E-state index in [4.69, 9.17) is 5.11 Å². The van der Waals surface area contributed by atoms with Gasteiger partial charge in [-0.25, -0.2) is 0 Å². The second-order valence-electron chi connectivity index (χ2n) is 6.85. The fourth-order valence-corrected chi connectivity index (χ4v) is 3.19. The molecule has 1 fully saturated rings. The first-order valence-electron chi connectivity index (χ1n) is 9.28. The summed E-state index contributed by atoms with van der Waals surface area (Å²) in [6.45, 7) is 5.19. The second-order valence-corrected chi connectivity index (χ2v) is 6.85. The molecule has 2 amide bonds. The molecule has 9 nitrogen and oxygen atoms in total. The van der Waals surface area contributed by atoms with Gasteiger partial charge in [-0.1, -0.05) is 0 Å². The van der Waals surface area contributed by atoms with Gasteiger partial charge in [0.15, 0.2) is 5.96 Å². The van der Waals surface area contributed by atoms with E-state index in [0.29, 0.717) is 38.9 Å². The summed E-state index contributed by atoms with van der Waals surface area (Å²) in [6, 6.07) is -0.383. The van der Waals surface area contributed by atoms with Gasteiger partial charge in [0.1, 0.15) is 0 Å². The van der Waals surface area contributed by atoms with Crippen LogP contribution >= 0.6 is 0 Å². The zero-order valence-corrected chi connectivity index (χ0v) is 15.3. The minimum atomic E-state index is -0.927. The molecule has 9 heteroatoms. The van der Waals surface area contributed by atoms with Crippen LogP contribution in [0.4, 0.5) is 0 Å². The Morgan fingerprint density at radius 1 is 1.35 bits per heavy atom. The minimum Gasteiger partial charge on any atom is -0.481 e. The van der Waals surface area contributed by atoms with Gasteiger partial charge in [0.2, 0.25) is 11.8 Å². The molecule has 26 heavy (non-hydrogen) atoms. The van der Waals surface area contributed by atoms with Crippen molar-refractivity contribution in [3.63, 3.8) is 0 Å². The first kappa shape index (κ1) is 20.0. The van der Waals surface area contributed by atoms with E-state index in [1.54, 1.807) is 6.92 Å². The molecule has 0 aromatic heterocycles. The number of nitrogens with one attached hydrogen (secondary N) is 3. The fraction of sp³-hybridized carbons (Fsp3) is 0.765. The van der Waals surface area contributed by atoms with Crippen LogP contribution in [0.1, 0.15) is 39.0 Å². The lowest BCUT2D eigenvalue weighted by atomic mass is 9.95. The topological polar surface area (TPSA) is 123 Å². The average Bonchev–Trinajstić information content (AvgIpc) is 3.11. The molecule has 0 spiro atoms. The molecule has 4 N–H and O–H groups in total. The van der Waals surface area contributed by atoms with Crippen molar-refractivity contribution in [2.75, 3.05) is 32.7 Å². The largest absolute Gasteiger partial charge is 0.481 e. The van der Waals surface area contributed by atoms with Gasteiger partial charge in [-0.15, -0.1) is 0 Å². The lowest BCUT2D eigenvalue weighted by molar-refractivity contribution is -0.138. The molecule has 0 aliphatic carbocycles. The molecule has 1 saturated heterocycles. The lowest BCUT2D eigenvalue weighted by Gasteiger charge is -2.32. The van der Waals surface area contributed by atoms with Crippen LogP contribution in [0.25, 0.3) is 0 Å². The SMILES string of the molecule is CC(CC(=O)O)NC(=O)C1CCN(C(=O)CCCNC2=NCCN2)CC1. The standard InChI is InChI=1S/C17H29N5O4/c1-12(11-15(24)25)21-16(26)13-4-9-22(10-5-13)14(23)3-2-6-18-17-19-7-8-20-17/h12-13H,2-11H2,1H3,(H,21,26)(H,24,25)(H2,18,19,20). The van der Waals surface area contributed by atoms with Crippen LogP contribution in [0, 0.1) is 5.92 Å². The highest BCUT2D eigenvalue weighted by Crippen LogP contribution is 2.18. The van der Waals surface area contributed by atoms with E-state index < -0.39 is 5.97 Å². The first-order valence-corrected chi connectivity index (χ1v) is 9.28. The molecule has 2 rings (SSSR count). The lowest BCUT2D eigenvalue weighted by Crippen LogP contribution is -2.45. The Morgan fingerprint density at radius 2 is 2.08 bits per heavy atom. The normalized spacial score (nSPS) is 18.7. The summed E-state index contributed by atoms with van der Waals surface area (Å²) in [5.74, 6) is -0.264. The van der Waals surface area contributed by atoms with Crippen molar-refractivity contribution < 1.29 is 19.5 Å². The second kappa shape index (κ2) is 9.98. The van der Waals surface area contributed by atoms with Crippen LogP contribution in [0.15, 0.2) is 4.99 Å². The maximum atomic E-state index is 12.3. The zero-order valence-electron chi connectivity index (χ0n) is 15.3. The predicted molar refractivity (Wildman–Crippen MR) is 96.7 cm³/mol. The highest BCUT2D eigenvalue weighted by Gasteiger charge is 2.27. The number of piperidine rings is 1. The highest BCUT2D eigenvalue weighted by molar-refractivity contribution is 5.82. The summed E-state index contributed by atoms with van der Waals surface area (Å²) in [5, 5.41) is 17.8. The Morgan fingerprint density at radius 3 is 2.69 bits per heavy atom. The number of nitrogens with zero attached hydrogens (tertiary/aromatic N) is 2. The Balaban J connectivity index is 1.61. The molecule has 0 aromatic carbocycles. The number of aliphatic carboxylic acids is 1. The Bertz CT molecular complexity index is 543. The van der Waals surface area contributed by atoms with E-state index in [0.717, 1.165) is 25.5 Å². The molecule has 0 aromatic rings. The van der Waals surface area contributed by atoms with Crippen molar-refractivity contribution in [3.8, 4) is 0 Å². The van der Waals surface area contributed by atoms with E-state index >= 15 is 0 Å². The zero-order chi connectivity index (χ0) is 18.9. The van der Waals surface area contributed by atoms with E-state index in [1.807, 2.05) is 4.90 Å². The molecule has 0 saturated carbocycles. The molecular weight excluding hydrogens is 338 g/mol. The monoisotopic (exact) mass is 367 g/mol. The number of aliphatic imine (C=N–C) groups is 1. The molecule has 2 aliphatic heterocycles. The third kappa shape index (κ3) is 6.53. The number of carbonyl (C=O) groups is 3. The van der Waals surface area contributed by atoms with Crippen molar-refractivity contribution >= 4 is 23.7 Å². The van der Waals surface area contributed by atoms with Gasteiger partial charge < -0.3 is 26.0 Å². The molecule has 146 valence electrons. The number of carboxylic acid groups (broad SMARTS) is 1. The number of guanidine groups is 1. The summed E-state index contributed by atoms with van der Waals surface area (Å²) < 4.78 is 0. The Labute approximate surface area is 153 Å². The van der Waals surface area contributed by atoms with Crippen LogP contribution in [0.5, 0.6) is 0 Å². The van der Waals surface area contributed by atoms with E-state index in [9.17, 15) is 14.4 Å². The van der Waals surface area contributed by atoms with Gasteiger partial charge in [-0.05, 0) is 26.2 Å². The highest BCUT2D eigenvalue weighted by atomic mass is 16.4. The third-order valence-corrected chi connectivity index (χ3v) is 4.62. The number of carbonyl (C=O) groups excluding carboxylic acids is 2. The van der Waals surface area contributed by atoms with Gasteiger partial charge in [0.25, 0.3) is 0 Å². The summed E-state index contributed by atoms with van der Waals surface area (Å²) in [7, 11) is 0. The van der Waals surface area contributed by atoms with Crippen molar-refractivity contribution in [1.29, 1.82) is 0 Å². The Kier molecular flexibility index (Phi) is 7.68. The number of amides is 2. The smallest absolute Gasteiger partial charge is 0.305 e. The van der Waals surface area contributed by atoms with E-state index in [-0.39, 0.29) is 30.2 Å². The molecular formula is C17H29N5O4. The van der Waals surface area contributed by atoms with Crippen LogP contribution in [-0.2, 0) is 14.4 Å². The van der Waals surface area contributed by atoms with Gasteiger partial charge in [-0.3, -0.25) is 19.4 Å². The van der Waals surface area contributed by atoms with Crippen LogP contribution in [0.2, 0.25) is 0 Å². The number of hydrogen-bond donors (Lipinski definition) is 4. The average molecular weight is 367 g/mol. The van der Waals surface area contributed by atoms with E-state index in [1.165, 1.54) is 0 Å². The summed E-state index contributed by atoms with van der Waals surface area (Å²) in [5.41, 5.74) is 0. The maximum Gasteiger partial charge on any atom is 0.305 e. The van der Waals surface area contributed by atoms with Crippen LogP contribution < -0.4 is 16.0 Å². The maximum absolute atomic E-state index is 12.3. The third-order valence-electron chi connectivity index (χ3n) is 4.62. The van der Waals surface area contributed by atoms with Gasteiger partial charge in [0, 0.05) is 44.6 Å². The van der Waals surface area contributed by atoms with Gasteiger partial charge in [-0.2, -0.15) is 0 Å². The van der Waals surface area contributed by atoms with Crippen LogP contribution in [0.3, 0.4) is 0 Å². The molecule has 2 heterocycles. The number of rotatable bonds is 8. The van der Waals surface area contributed by atoms with Crippen molar-refractivity contribution in [1.82, 2.24) is 20.9 Å². The summed E-state index contributed by atoms with van der Waals surface area (Å²) >= 11 is 0. The number of likely N-dealkylation sites (tertiary alicyclic amines) is 1. The molecule has 0 bridgehead atoms. The molecule has 1 unspecified atom stereocenters. The van der Waals surface area contributed by atoms with Crippen molar-refractivity contribution in [3.05, 3.63) is 0 Å². The van der Waals surface area contributed by atoms with E-state index in [2.05, 4.69) is 20.9 Å². The Hall–Kier alpha value is -2.32. The van der Waals surface area contributed by atoms with Crippen molar-refractivity contribution in [2.24, 2.45) is 10.9 Å².